The molecule has 0 aliphatic carbocycles. The first kappa shape index (κ1) is 5.80. The molecule has 0 saturated heterocycles. The Balaban J connectivity index is 2.86. The fourth-order valence-corrected chi connectivity index (χ4v) is 1.36. The maximum absolute atomic E-state index is 12.5. The first-order valence-electron chi connectivity index (χ1n) is 2.79. The van der Waals surface area contributed by atoms with Crippen LogP contribution in [0.5, 0.6) is 0 Å². The maximum Gasteiger partial charge on any atom is 0.123 e. The molecular formula is C7H3FNS. The van der Waals surface area contributed by atoms with Gasteiger partial charge in [0.05, 0.1) is 4.70 Å². The summed E-state index contributed by atoms with van der Waals surface area (Å²) in [5.74, 6) is -0.232. The summed E-state index contributed by atoms with van der Waals surface area (Å²) in [6.45, 7) is 0. The van der Waals surface area contributed by atoms with E-state index in [0.29, 0.717) is 0 Å². The molecule has 2 rings (SSSR count). The van der Waals surface area contributed by atoms with E-state index in [9.17, 15) is 4.39 Å². The van der Waals surface area contributed by atoms with Gasteiger partial charge in [0, 0.05) is 5.39 Å². The molecule has 0 atom stereocenters. The van der Waals surface area contributed by atoms with Crippen LogP contribution < -0.4 is 0 Å². The summed E-state index contributed by atoms with van der Waals surface area (Å²) < 4.78 is 17.2. The van der Waals surface area contributed by atoms with Crippen LogP contribution in [-0.4, -0.2) is 4.37 Å². The SMILES string of the molecule is Fc1ccc2sn[c]c2c1. The first-order valence-corrected chi connectivity index (χ1v) is 3.56. The highest BCUT2D eigenvalue weighted by molar-refractivity contribution is 7.13. The number of halogens is 1. The molecule has 0 aliphatic heterocycles. The highest BCUT2D eigenvalue weighted by atomic mass is 32.1. The van der Waals surface area contributed by atoms with Gasteiger partial charge in [0.1, 0.15) is 12.0 Å². The van der Waals surface area contributed by atoms with E-state index in [2.05, 4.69) is 10.6 Å². The van der Waals surface area contributed by atoms with Crippen molar-refractivity contribution in [2.75, 3.05) is 0 Å². The molecule has 0 aliphatic rings. The molecule has 3 heteroatoms. The van der Waals surface area contributed by atoms with Gasteiger partial charge in [-0.3, -0.25) is 0 Å². The lowest BCUT2D eigenvalue weighted by Crippen LogP contribution is -1.68. The van der Waals surface area contributed by atoms with E-state index in [1.807, 2.05) is 0 Å². The van der Waals surface area contributed by atoms with E-state index in [-0.39, 0.29) is 5.82 Å². The number of hydrogen-bond acceptors (Lipinski definition) is 2. The molecule has 1 nitrogen and oxygen atoms in total. The minimum absolute atomic E-state index is 0.232. The molecule has 1 aromatic carbocycles. The van der Waals surface area contributed by atoms with Gasteiger partial charge in [0.25, 0.3) is 0 Å². The normalized spacial score (nSPS) is 10.5. The molecule has 0 N–H and O–H groups in total. The van der Waals surface area contributed by atoms with Gasteiger partial charge < -0.3 is 0 Å². The molecular weight excluding hydrogens is 149 g/mol. The molecule has 49 valence electrons. The first-order chi connectivity index (χ1) is 4.86. The van der Waals surface area contributed by atoms with Crippen LogP contribution in [0.25, 0.3) is 10.1 Å². The lowest BCUT2D eigenvalue weighted by molar-refractivity contribution is 0.630. The van der Waals surface area contributed by atoms with E-state index in [1.54, 1.807) is 6.07 Å². The van der Waals surface area contributed by atoms with E-state index < -0.39 is 0 Å². The van der Waals surface area contributed by atoms with Gasteiger partial charge in [-0.25, -0.2) is 4.39 Å². The lowest BCUT2D eigenvalue weighted by Gasteiger charge is -1.85. The number of nitrogens with zero attached hydrogens (tertiary/aromatic N) is 1. The van der Waals surface area contributed by atoms with Crippen molar-refractivity contribution in [3.63, 3.8) is 0 Å². The summed E-state index contributed by atoms with van der Waals surface area (Å²) in [7, 11) is 0. The summed E-state index contributed by atoms with van der Waals surface area (Å²) in [4.78, 5) is 0. The molecule has 0 bridgehead atoms. The fraction of sp³-hybridized carbons (Fsp3) is 0. The molecule has 1 radical (unpaired) electrons. The summed E-state index contributed by atoms with van der Waals surface area (Å²) in [5.41, 5.74) is 0. The van der Waals surface area contributed by atoms with Crippen molar-refractivity contribution < 1.29 is 4.39 Å². The van der Waals surface area contributed by atoms with Crippen molar-refractivity contribution in [1.82, 2.24) is 4.37 Å². The lowest BCUT2D eigenvalue weighted by atomic mass is 10.3. The van der Waals surface area contributed by atoms with Gasteiger partial charge >= 0.3 is 0 Å². The molecule has 10 heavy (non-hydrogen) atoms. The van der Waals surface area contributed by atoms with Crippen LogP contribution in [-0.2, 0) is 0 Å². The predicted molar refractivity (Wildman–Crippen MR) is 38.4 cm³/mol. The second kappa shape index (κ2) is 2.02. The van der Waals surface area contributed by atoms with Crippen LogP contribution in [0.4, 0.5) is 4.39 Å². The molecule has 0 spiro atoms. The zero-order valence-corrected chi connectivity index (χ0v) is 5.78. The van der Waals surface area contributed by atoms with E-state index in [4.69, 9.17) is 0 Å². The Hall–Kier alpha value is -0.960. The van der Waals surface area contributed by atoms with Crippen molar-refractivity contribution in [2.24, 2.45) is 0 Å². The Morgan fingerprint density at radius 2 is 2.40 bits per heavy atom. The molecule has 0 saturated carbocycles. The van der Waals surface area contributed by atoms with Crippen LogP contribution in [0.3, 0.4) is 0 Å². The second-order valence-electron chi connectivity index (χ2n) is 1.93. The fourth-order valence-electron chi connectivity index (χ4n) is 0.790. The topological polar surface area (TPSA) is 12.9 Å². The van der Waals surface area contributed by atoms with Crippen molar-refractivity contribution in [1.29, 1.82) is 0 Å². The Morgan fingerprint density at radius 3 is 3.30 bits per heavy atom. The predicted octanol–water partition coefficient (Wildman–Crippen LogP) is 2.24. The standard InChI is InChI=1S/C7H3FNS/c8-6-1-2-7-5(3-6)4-9-10-7/h1-3H. The highest BCUT2D eigenvalue weighted by Crippen LogP contribution is 2.17. The quantitative estimate of drug-likeness (QED) is 0.564. The largest absolute Gasteiger partial charge is 0.207 e. The number of hydrogen-bond donors (Lipinski definition) is 0. The number of aromatic nitrogens is 1. The average Bonchev–Trinajstić information content (AvgIpc) is 2.33. The van der Waals surface area contributed by atoms with Crippen LogP contribution in [0.2, 0.25) is 0 Å². The Morgan fingerprint density at radius 1 is 1.50 bits per heavy atom. The van der Waals surface area contributed by atoms with E-state index in [0.717, 1.165) is 10.1 Å². The molecule has 2 aromatic rings. The van der Waals surface area contributed by atoms with E-state index in [1.165, 1.54) is 23.7 Å². The zero-order valence-electron chi connectivity index (χ0n) is 4.97. The highest BCUT2D eigenvalue weighted by Gasteiger charge is 1.96. The van der Waals surface area contributed by atoms with Gasteiger partial charge in [0.15, 0.2) is 0 Å². The molecule has 0 unspecified atom stereocenters. The van der Waals surface area contributed by atoms with Crippen molar-refractivity contribution >= 4 is 21.6 Å². The van der Waals surface area contributed by atoms with Crippen molar-refractivity contribution in [2.45, 2.75) is 0 Å². The minimum Gasteiger partial charge on any atom is -0.207 e. The summed E-state index contributed by atoms with van der Waals surface area (Å²) in [6.07, 6.45) is 2.69. The second-order valence-corrected chi connectivity index (χ2v) is 2.74. The van der Waals surface area contributed by atoms with Gasteiger partial charge in [-0.05, 0) is 29.7 Å². The third-order valence-electron chi connectivity index (χ3n) is 1.25. The van der Waals surface area contributed by atoms with Crippen molar-refractivity contribution in [3.05, 3.63) is 30.2 Å². The molecule has 0 amide bonds. The number of benzene rings is 1. The third kappa shape index (κ3) is 0.789. The van der Waals surface area contributed by atoms with Crippen LogP contribution in [0.1, 0.15) is 0 Å². The van der Waals surface area contributed by atoms with Gasteiger partial charge in [-0.1, -0.05) is 0 Å². The average molecular weight is 152 g/mol. The molecule has 1 heterocycles. The molecule has 1 aromatic heterocycles. The number of fused-ring (bicyclic) bond motifs is 1. The number of rotatable bonds is 0. The molecule has 0 fully saturated rings. The van der Waals surface area contributed by atoms with Crippen molar-refractivity contribution in [3.8, 4) is 0 Å². The Bertz CT molecular complexity index is 355. The summed E-state index contributed by atoms with van der Waals surface area (Å²) in [5, 5.41) is 0.755. The van der Waals surface area contributed by atoms with Gasteiger partial charge in [-0.15, -0.1) is 0 Å². The minimum atomic E-state index is -0.232. The maximum atomic E-state index is 12.5. The Kier molecular flexibility index (Phi) is 1.17. The third-order valence-corrected chi connectivity index (χ3v) is 1.99. The zero-order chi connectivity index (χ0) is 6.97. The summed E-state index contributed by atoms with van der Waals surface area (Å²) >= 11 is 1.32. The van der Waals surface area contributed by atoms with Crippen LogP contribution >= 0.6 is 11.5 Å². The van der Waals surface area contributed by atoms with Gasteiger partial charge in [0.2, 0.25) is 0 Å². The van der Waals surface area contributed by atoms with Gasteiger partial charge in [-0.2, -0.15) is 4.37 Å². The Labute approximate surface area is 61.3 Å². The summed E-state index contributed by atoms with van der Waals surface area (Å²) in [6, 6.07) is 4.56. The van der Waals surface area contributed by atoms with Crippen LogP contribution in [0.15, 0.2) is 18.2 Å². The van der Waals surface area contributed by atoms with E-state index >= 15 is 0 Å². The monoisotopic (exact) mass is 152 g/mol. The van der Waals surface area contributed by atoms with Crippen LogP contribution in [0, 0.1) is 12.0 Å². The smallest absolute Gasteiger partial charge is 0.123 e.